The number of hydrogen-bond acceptors (Lipinski definition) is 3. The summed E-state index contributed by atoms with van der Waals surface area (Å²) in [7, 11) is 0. The molecule has 0 saturated carbocycles. The van der Waals surface area contributed by atoms with Crippen molar-refractivity contribution < 1.29 is 9.32 Å². The zero-order valence-electron chi connectivity index (χ0n) is 15.1. The van der Waals surface area contributed by atoms with E-state index in [1.54, 1.807) is 17.9 Å². The Kier molecular flexibility index (Phi) is 5.43. The molecule has 1 aromatic heterocycles. The molecule has 3 rings (SSSR count). The Morgan fingerprint density at radius 1 is 1.15 bits per heavy atom. The lowest BCUT2D eigenvalue weighted by Gasteiger charge is -2.23. The fraction of sp³-hybridized carbons (Fsp3) is 0.238. The molecule has 0 spiro atoms. The topological polar surface area (TPSA) is 46.3 Å². The lowest BCUT2D eigenvalue weighted by Crippen LogP contribution is -2.32. The van der Waals surface area contributed by atoms with Gasteiger partial charge in [-0.05, 0) is 44.0 Å². The number of anilines is 1. The molecule has 1 heterocycles. The van der Waals surface area contributed by atoms with Crippen LogP contribution in [0.25, 0.3) is 11.3 Å². The normalized spacial score (nSPS) is 10.8. The second-order valence-corrected chi connectivity index (χ2v) is 6.65. The molecule has 0 aliphatic heterocycles. The summed E-state index contributed by atoms with van der Waals surface area (Å²) in [6, 6.07) is 15.2. The largest absolute Gasteiger partial charge is 0.360 e. The van der Waals surface area contributed by atoms with Crippen molar-refractivity contribution in [3.05, 3.63) is 70.4 Å². The Morgan fingerprint density at radius 3 is 2.62 bits per heavy atom. The molecule has 4 nitrogen and oxygen atoms in total. The van der Waals surface area contributed by atoms with Gasteiger partial charge in [0, 0.05) is 17.8 Å². The lowest BCUT2D eigenvalue weighted by atomic mass is 10.0. The SMILES string of the molecule is CCCN(C(=O)c1c(-c2ccccc2Cl)noc1C)c1cccc(C)c1. The molecule has 0 unspecified atom stereocenters. The van der Waals surface area contributed by atoms with Crippen LogP contribution in [0.3, 0.4) is 0 Å². The third kappa shape index (κ3) is 3.51. The third-order valence-electron chi connectivity index (χ3n) is 4.21. The second-order valence-electron chi connectivity index (χ2n) is 6.24. The molecule has 0 saturated heterocycles. The molecule has 1 amide bonds. The van der Waals surface area contributed by atoms with Crippen molar-refractivity contribution in [1.82, 2.24) is 5.16 Å². The number of carbonyl (C=O) groups excluding carboxylic acids is 1. The van der Waals surface area contributed by atoms with Gasteiger partial charge in [-0.3, -0.25) is 4.79 Å². The first-order chi connectivity index (χ1) is 12.5. The van der Waals surface area contributed by atoms with Gasteiger partial charge in [0.25, 0.3) is 5.91 Å². The van der Waals surface area contributed by atoms with Crippen LogP contribution in [0.2, 0.25) is 5.02 Å². The Balaban J connectivity index is 2.09. The Morgan fingerprint density at radius 2 is 1.92 bits per heavy atom. The van der Waals surface area contributed by atoms with Crippen molar-refractivity contribution in [3.63, 3.8) is 0 Å². The first-order valence-corrected chi connectivity index (χ1v) is 9.00. The van der Waals surface area contributed by atoms with Crippen LogP contribution in [0.1, 0.15) is 35.0 Å². The quantitative estimate of drug-likeness (QED) is 0.583. The summed E-state index contributed by atoms with van der Waals surface area (Å²) in [5.74, 6) is 0.352. The molecule has 0 bridgehead atoms. The maximum atomic E-state index is 13.4. The highest BCUT2D eigenvalue weighted by molar-refractivity contribution is 6.33. The number of aromatic nitrogens is 1. The van der Waals surface area contributed by atoms with Crippen molar-refractivity contribution in [2.24, 2.45) is 0 Å². The summed E-state index contributed by atoms with van der Waals surface area (Å²) in [4.78, 5) is 15.2. The fourth-order valence-corrected chi connectivity index (χ4v) is 3.19. The van der Waals surface area contributed by atoms with E-state index in [-0.39, 0.29) is 5.91 Å². The number of aryl methyl sites for hydroxylation is 2. The summed E-state index contributed by atoms with van der Waals surface area (Å²) in [5, 5.41) is 4.65. The minimum absolute atomic E-state index is 0.133. The number of nitrogens with zero attached hydrogens (tertiary/aromatic N) is 2. The zero-order chi connectivity index (χ0) is 18.7. The third-order valence-corrected chi connectivity index (χ3v) is 4.54. The summed E-state index contributed by atoms with van der Waals surface area (Å²) in [5.41, 5.74) is 3.59. The van der Waals surface area contributed by atoms with E-state index in [0.29, 0.717) is 34.1 Å². The van der Waals surface area contributed by atoms with E-state index in [1.165, 1.54) is 0 Å². The predicted molar refractivity (Wildman–Crippen MR) is 105 cm³/mol. The molecule has 0 radical (unpaired) electrons. The van der Waals surface area contributed by atoms with Crippen molar-refractivity contribution >= 4 is 23.2 Å². The number of amides is 1. The van der Waals surface area contributed by atoms with Crippen LogP contribution in [0.5, 0.6) is 0 Å². The second kappa shape index (κ2) is 7.75. The van der Waals surface area contributed by atoms with Gasteiger partial charge in [0.05, 0.1) is 5.02 Å². The molecule has 134 valence electrons. The average Bonchev–Trinajstić information content (AvgIpc) is 3.01. The van der Waals surface area contributed by atoms with E-state index in [4.69, 9.17) is 16.1 Å². The van der Waals surface area contributed by atoms with Gasteiger partial charge in [0.2, 0.25) is 0 Å². The van der Waals surface area contributed by atoms with Gasteiger partial charge in [0.15, 0.2) is 0 Å². The molecule has 3 aromatic rings. The minimum Gasteiger partial charge on any atom is -0.360 e. The Bertz CT molecular complexity index is 933. The van der Waals surface area contributed by atoms with E-state index in [2.05, 4.69) is 5.16 Å². The summed E-state index contributed by atoms with van der Waals surface area (Å²) >= 11 is 6.32. The van der Waals surface area contributed by atoms with E-state index < -0.39 is 0 Å². The van der Waals surface area contributed by atoms with Crippen LogP contribution >= 0.6 is 11.6 Å². The molecule has 2 aromatic carbocycles. The monoisotopic (exact) mass is 368 g/mol. The van der Waals surface area contributed by atoms with Gasteiger partial charge in [-0.2, -0.15) is 0 Å². The Hall–Kier alpha value is -2.59. The predicted octanol–water partition coefficient (Wildman–Crippen LogP) is 5.67. The summed E-state index contributed by atoms with van der Waals surface area (Å²) < 4.78 is 5.36. The highest BCUT2D eigenvalue weighted by Gasteiger charge is 2.27. The van der Waals surface area contributed by atoms with Crippen molar-refractivity contribution in [1.29, 1.82) is 0 Å². The molecule has 0 fully saturated rings. The van der Waals surface area contributed by atoms with Crippen LogP contribution < -0.4 is 4.90 Å². The number of rotatable bonds is 5. The number of benzene rings is 2. The molecule has 5 heteroatoms. The average molecular weight is 369 g/mol. The minimum atomic E-state index is -0.133. The molecule has 0 aliphatic carbocycles. The fourth-order valence-electron chi connectivity index (χ4n) is 2.96. The zero-order valence-corrected chi connectivity index (χ0v) is 15.9. The summed E-state index contributed by atoms with van der Waals surface area (Å²) in [6.45, 7) is 6.42. The smallest absolute Gasteiger partial charge is 0.264 e. The first kappa shape index (κ1) is 18.2. The van der Waals surface area contributed by atoms with Crippen LogP contribution in [-0.2, 0) is 0 Å². The number of hydrogen-bond donors (Lipinski definition) is 0. The van der Waals surface area contributed by atoms with E-state index >= 15 is 0 Å². The van der Waals surface area contributed by atoms with E-state index in [0.717, 1.165) is 17.7 Å². The summed E-state index contributed by atoms with van der Waals surface area (Å²) in [6.07, 6.45) is 0.839. The highest BCUT2D eigenvalue weighted by atomic mass is 35.5. The van der Waals surface area contributed by atoms with Gasteiger partial charge >= 0.3 is 0 Å². The molecule has 0 atom stereocenters. The van der Waals surface area contributed by atoms with Gasteiger partial charge in [-0.25, -0.2) is 0 Å². The van der Waals surface area contributed by atoms with Gasteiger partial charge < -0.3 is 9.42 Å². The van der Waals surface area contributed by atoms with Crippen LogP contribution in [0.4, 0.5) is 5.69 Å². The maximum Gasteiger partial charge on any atom is 0.264 e. The number of carbonyl (C=O) groups is 1. The van der Waals surface area contributed by atoms with Gasteiger partial charge in [-0.1, -0.05) is 54.0 Å². The molecular formula is C21H21ClN2O2. The number of halogens is 1. The molecule has 0 N–H and O–H groups in total. The van der Waals surface area contributed by atoms with E-state index in [9.17, 15) is 4.79 Å². The molecular weight excluding hydrogens is 348 g/mol. The highest BCUT2D eigenvalue weighted by Crippen LogP contribution is 2.32. The molecule has 0 aliphatic rings. The first-order valence-electron chi connectivity index (χ1n) is 8.62. The lowest BCUT2D eigenvalue weighted by molar-refractivity contribution is 0.0986. The van der Waals surface area contributed by atoms with Crippen molar-refractivity contribution in [2.45, 2.75) is 27.2 Å². The standard InChI is InChI=1S/C21H21ClN2O2/c1-4-12-24(16-9-7-8-14(2)13-16)21(25)19-15(3)26-23-20(19)17-10-5-6-11-18(17)22/h5-11,13H,4,12H2,1-3H3. The maximum absolute atomic E-state index is 13.4. The van der Waals surface area contributed by atoms with Crippen LogP contribution in [0, 0.1) is 13.8 Å². The van der Waals surface area contributed by atoms with Crippen molar-refractivity contribution in [2.75, 3.05) is 11.4 Å². The van der Waals surface area contributed by atoms with Crippen molar-refractivity contribution in [3.8, 4) is 11.3 Å². The van der Waals surface area contributed by atoms with Gasteiger partial charge in [-0.15, -0.1) is 0 Å². The Labute approximate surface area is 158 Å². The van der Waals surface area contributed by atoms with Crippen LogP contribution in [0.15, 0.2) is 53.1 Å². The molecule has 26 heavy (non-hydrogen) atoms. The van der Waals surface area contributed by atoms with Crippen LogP contribution in [-0.4, -0.2) is 17.6 Å². The van der Waals surface area contributed by atoms with E-state index in [1.807, 2.05) is 56.3 Å². The van der Waals surface area contributed by atoms with Gasteiger partial charge in [0.1, 0.15) is 17.0 Å².